The van der Waals surface area contributed by atoms with Crippen LogP contribution in [0.4, 0.5) is 22.0 Å². The van der Waals surface area contributed by atoms with Crippen LogP contribution in [0.2, 0.25) is 0 Å². The van der Waals surface area contributed by atoms with Gasteiger partial charge in [0.2, 0.25) is 5.91 Å². The number of nitrogens with one attached hydrogen (secondary N) is 2. The van der Waals surface area contributed by atoms with Gasteiger partial charge < -0.3 is 15.5 Å². The van der Waals surface area contributed by atoms with Crippen LogP contribution in [0.1, 0.15) is 42.2 Å². The predicted octanol–water partition coefficient (Wildman–Crippen LogP) is 3.43. The number of pyridine rings is 1. The molecule has 0 bridgehead atoms. The van der Waals surface area contributed by atoms with Crippen molar-refractivity contribution < 1.29 is 36.3 Å². The summed E-state index contributed by atoms with van der Waals surface area (Å²) < 4.78 is 68.3. The van der Waals surface area contributed by atoms with Crippen LogP contribution in [-0.4, -0.2) is 63.4 Å². The van der Waals surface area contributed by atoms with Crippen molar-refractivity contribution in [3.63, 3.8) is 0 Å². The molecule has 0 saturated carbocycles. The second-order valence-electron chi connectivity index (χ2n) is 9.76. The highest BCUT2D eigenvalue weighted by Crippen LogP contribution is 2.31. The Morgan fingerprint density at radius 1 is 1.08 bits per heavy atom. The van der Waals surface area contributed by atoms with Crippen LogP contribution < -0.4 is 10.6 Å². The van der Waals surface area contributed by atoms with E-state index in [-0.39, 0.29) is 25.1 Å². The van der Waals surface area contributed by atoms with Crippen molar-refractivity contribution in [2.45, 2.75) is 44.4 Å². The Bertz CT molecular complexity index is 1370. The second-order valence-corrected chi connectivity index (χ2v) is 9.76. The maximum atomic E-state index is 14.1. The van der Waals surface area contributed by atoms with E-state index in [1.54, 1.807) is 34.1 Å². The first-order chi connectivity index (χ1) is 18.3. The number of piperidine rings is 1. The zero-order chi connectivity index (χ0) is 28.5. The van der Waals surface area contributed by atoms with Crippen molar-refractivity contribution in [1.29, 1.82) is 0 Å². The number of likely N-dealkylation sites (tertiary alicyclic amines) is 1. The molecule has 1 fully saturated rings. The predicted molar refractivity (Wildman–Crippen MR) is 130 cm³/mol. The summed E-state index contributed by atoms with van der Waals surface area (Å²) in [5.74, 6) is -6.64. The summed E-state index contributed by atoms with van der Waals surface area (Å²) in [6.45, 7) is 3.00. The van der Waals surface area contributed by atoms with E-state index in [0.717, 1.165) is 12.1 Å². The number of fused-ring (bicyclic) bond motifs is 1. The molecule has 1 aliphatic rings. The Kier molecular flexibility index (Phi) is 7.89. The van der Waals surface area contributed by atoms with E-state index < -0.39 is 59.5 Å². The lowest BCUT2D eigenvalue weighted by atomic mass is 9.84. The number of amides is 3. The number of hydrogen-bond donors (Lipinski definition) is 2. The van der Waals surface area contributed by atoms with Gasteiger partial charge in [-0.3, -0.25) is 18.8 Å². The Morgan fingerprint density at radius 3 is 2.41 bits per heavy atom. The monoisotopic (exact) mass is 551 g/mol. The molecule has 4 rings (SSSR count). The molecule has 39 heavy (non-hydrogen) atoms. The fourth-order valence-corrected chi connectivity index (χ4v) is 4.79. The number of aromatic nitrogens is 2. The molecule has 8 nitrogen and oxygen atoms in total. The average Bonchev–Trinajstić information content (AvgIpc) is 3.34. The molecule has 0 aliphatic carbocycles. The molecule has 208 valence electrons. The van der Waals surface area contributed by atoms with Gasteiger partial charge >= 0.3 is 12.1 Å². The van der Waals surface area contributed by atoms with E-state index >= 15 is 0 Å². The minimum atomic E-state index is -5.20. The SMILES string of the molecule is CC(C)[C@@H](NC(=O)C(F)(F)F)C(=O)N[C@@H]1CN(C(=O)c2cccc3cncn23)CC[C@H]1c1cc(F)cc(F)c1. The first-order valence-electron chi connectivity index (χ1n) is 12.2. The first-order valence-corrected chi connectivity index (χ1v) is 12.2. The summed E-state index contributed by atoms with van der Waals surface area (Å²) in [5, 5.41) is 4.34. The van der Waals surface area contributed by atoms with E-state index in [2.05, 4.69) is 10.3 Å². The van der Waals surface area contributed by atoms with Crippen LogP contribution in [0.15, 0.2) is 48.9 Å². The number of halogens is 5. The van der Waals surface area contributed by atoms with Crippen LogP contribution in [0.3, 0.4) is 0 Å². The highest BCUT2D eigenvalue weighted by Gasteiger charge is 2.42. The maximum Gasteiger partial charge on any atom is 0.471 e. The third-order valence-corrected chi connectivity index (χ3v) is 6.70. The zero-order valence-corrected chi connectivity index (χ0v) is 21.0. The van der Waals surface area contributed by atoms with Gasteiger partial charge in [-0.25, -0.2) is 13.8 Å². The van der Waals surface area contributed by atoms with Gasteiger partial charge in [0.05, 0.1) is 24.1 Å². The molecule has 0 unspecified atom stereocenters. The Morgan fingerprint density at radius 2 is 1.77 bits per heavy atom. The molecule has 1 aliphatic heterocycles. The Hall–Kier alpha value is -4.03. The van der Waals surface area contributed by atoms with Crippen LogP contribution in [-0.2, 0) is 9.59 Å². The topological polar surface area (TPSA) is 95.8 Å². The van der Waals surface area contributed by atoms with Crippen molar-refractivity contribution in [3.8, 4) is 0 Å². The van der Waals surface area contributed by atoms with Crippen molar-refractivity contribution in [2.75, 3.05) is 13.1 Å². The standard InChI is InChI=1S/C26H26F5N5O3/c1-14(2)22(34-25(39)26(29,30)31)23(37)33-20-12-35(7-6-19(20)15-8-16(27)10-17(28)9-15)24(38)21-5-3-4-18-11-32-13-36(18)21/h3-5,8-11,13-14,19-20,22H,6-7,12H2,1-2H3,(H,33,37)(H,34,39)/t19-,20+,22+/m0/s1. The molecule has 13 heteroatoms. The lowest BCUT2D eigenvalue weighted by Gasteiger charge is -2.40. The molecule has 2 aromatic heterocycles. The largest absolute Gasteiger partial charge is 0.471 e. The molecule has 3 aromatic rings. The van der Waals surface area contributed by atoms with Crippen molar-refractivity contribution in [2.24, 2.45) is 5.92 Å². The lowest BCUT2D eigenvalue weighted by Crippen LogP contribution is -2.59. The smallest absolute Gasteiger partial charge is 0.349 e. The molecular weight excluding hydrogens is 525 g/mol. The molecule has 3 atom stereocenters. The van der Waals surface area contributed by atoms with Gasteiger partial charge in [-0.2, -0.15) is 13.2 Å². The molecule has 0 radical (unpaired) electrons. The van der Waals surface area contributed by atoms with Gasteiger partial charge in [-0.15, -0.1) is 0 Å². The molecule has 0 spiro atoms. The van der Waals surface area contributed by atoms with Crippen LogP contribution in [0, 0.1) is 17.6 Å². The minimum Gasteiger partial charge on any atom is -0.349 e. The third kappa shape index (κ3) is 6.18. The first kappa shape index (κ1) is 28.0. The van der Waals surface area contributed by atoms with Crippen molar-refractivity contribution in [3.05, 3.63) is 71.8 Å². The van der Waals surface area contributed by atoms with Gasteiger partial charge in [0, 0.05) is 25.1 Å². The minimum absolute atomic E-state index is 0.101. The number of rotatable bonds is 6. The van der Waals surface area contributed by atoms with E-state index in [1.165, 1.54) is 25.1 Å². The van der Waals surface area contributed by atoms with E-state index in [1.807, 2.05) is 0 Å². The summed E-state index contributed by atoms with van der Waals surface area (Å²) in [6, 6.07) is 5.49. The summed E-state index contributed by atoms with van der Waals surface area (Å²) in [5.41, 5.74) is 1.20. The number of alkyl halides is 3. The number of carbonyl (C=O) groups is 3. The summed E-state index contributed by atoms with van der Waals surface area (Å²) >= 11 is 0. The van der Waals surface area contributed by atoms with Gasteiger partial charge in [-0.1, -0.05) is 19.9 Å². The average molecular weight is 552 g/mol. The normalized spacial score (nSPS) is 18.7. The number of hydrogen-bond acceptors (Lipinski definition) is 4. The number of carbonyl (C=O) groups excluding carboxylic acids is 3. The Labute approximate surface area is 220 Å². The molecule has 1 aromatic carbocycles. The number of benzene rings is 1. The van der Waals surface area contributed by atoms with Crippen molar-refractivity contribution in [1.82, 2.24) is 24.9 Å². The fraction of sp³-hybridized carbons (Fsp3) is 0.385. The number of imidazole rings is 1. The molecular formula is C26H26F5N5O3. The third-order valence-electron chi connectivity index (χ3n) is 6.70. The number of nitrogens with zero attached hydrogens (tertiary/aromatic N) is 3. The van der Waals surface area contributed by atoms with Crippen LogP contribution in [0.25, 0.3) is 5.52 Å². The van der Waals surface area contributed by atoms with E-state index in [4.69, 9.17) is 0 Å². The van der Waals surface area contributed by atoms with Crippen LogP contribution in [0.5, 0.6) is 0 Å². The maximum absolute atomic E-state index is 14.1. The quantitative estimate of drug-likeness (QED) is 0.459. The second kappa shape index (κ2) is 11.0. The highest BCUT2D eigenvalue weighted by molar-refractivity contribution is 5.94. The summed E-state index contributed by atoms with van der Waals surface area (Å²) in [7, 11) is 0. The molecule has 3 amide bonds. The van der Waals surface area contributed by atoms with Gasteiger partial charge in [0.25, 0.3) is 5.91 Å². The lowest BCUT2D eigenvalue weighted by molar-refractivity contribution is -0.175. The van der Waals surface area contributed by atoms with Crippen molar-refractivity contribution >= 4 is 23.2 Å². The molecule has 1 saturated heterocycles. The molecule has 3 heterocycles. The zero-order valence-electron chi connectivity index (χ0n) is 21.0. The summed E-state index contributed by atoms with van der Waals surface area (Å²) in [6.07, 6.45) is -1.95. The fourth-order valence-electron chi connectivity index (χ4n) is 4.79. The van der Waals surface area contributed by atoms with Gasteiger partial charge in [-0.05, 0) is 42.2 Å². The van der Waals surface area contributed by atoms with E-state index in [9.17, 15) is 36.3 Å². The summed E-state index contributed by atoms with van der Waals surface area (Å²) in [4.78, 5) is 43.7. The van der Waals surface area contributed by atoms with Gasteiger partial charge in [0.15, 0.2) is 0 Å². The van der Waals surface area contributed by atoms with Crippen LogP contribution >= 0.6 is 0 Å². The Balaban J connectivity index is 1.63. The van der Waals surface area contributed by atoms with Gasteiger partial charge in [0.1, 0.15) is 23.4 Å². The van der Waals surface area contributed by atoms with E-state index in [0.29, 0.717) is 17.3 Å². The molecule has 2 N–H and O–H groups in total. The highest BCUT2D eigenvalue weighted by atomic mass is 19.4.